The minimum absolute atomic E-state index is 0.0801. The van der Waals surface area contributed by atoms with Gasteiger partial charge in [-0.1, -0.05) is 30.3 Å². The average Bonchev–Trinajstić information content (AvgIpc) is 2.79. The molecule has 0 bridgehead atoms. The lowest BCUT2D eigenvalue weighted by atomic mass is 10.1. The molecule has 32 heavy (non-hydrogen) atoms. The van der Waals surface area contributed by atoms with E-state index in [-0.39, 0.29) is 24.0 Å². The Bertz CT molecular complexity index is 1020. The normalized spacial score (nSPS) is 15.5. The van der Waals surface area contributed by atoms with Gasteiger partial charge in [-0.2, -0.15) is 0 Å². The monoisotopic (exact) mass is 567 g/mol. The standard InChI is InChI=1S/C22H22IN3O5S/c1-30-18-8-7-15(11-16(18)23)20(28)25-22(32)26-10-9-24-21(29)17(26)12-19(27)31-13-14-5-3-2-4-6-14/h2-8,11,17H,9-10,12-13H2,1H3,(H,24,29)(H,25,28,32). The molecule has 8 nitrogen and oxygen atoms in total. The summed E-state index contributed by atoms with van der Waals surface area (Å²) in [7, 11) is 1.55. The maximum atomic E-state index is 12.7. The fourth-order valence-corrected chi connectivity index (χ4v) is 4.21. The van der Waals surface area contributed by atoms with E-state index < -0.39 is 17.9 Å². The molecule has 0 aromatic heterocycles. The third-order valence-electron chi connectivity index (χ3n) is 4.83. The quantitative estimate of drug-likeness (QED) is 0.314. The molecular formula is C22H22IN3O5S. The van der Waals surface area contributed by atoms with Gasteiger partial charge in [-0.05, 0) is 58.6 Å². The Morgan fingerprint density at radius 1 is 1.25 bits per heavy atom. The Labute approximate surface area is 204 Å². The van der Waals surface area contributed by atoms with Crippen LogP contribution in [0.25, 0.3) is 0 Å². The topological polar surface area (TPSA) is 97.0 Å². The minimum Gasteiger partial charge on any atom is -0.496 e. The number of piperazine rings is 1. The van der Waals surface area contributed by atoms with Crippen molar-refractivity contribution in [3.63, 3.8) is 0 Å². The minimum atomic E-state index is -0.865. The van der Waals surface area contributed by atoms with Gasteiger partial charge in [-0.3, -0.25) is 19.7 Å². The van der Waals surface area contributed by atoms with Gasteiger partial charge >= 0.3 is 5.97 Å². The first-order valence-electron chi connectivity index (χ1n) is 9.81. The van der Waals surface area contributed by atoms with E-state index in [9.17, 15) is 14.4 Å². The summed E-state index contributed by atoms with van der Waals surface area (Å²) in [5.41, 5.74) is 1.25. The first-order chi connectivity index (χ1) is 15.4. The predicted octanol–water partition coefficient (Wildman–Crippen LogP) is 2.25. The number of hydrogen-bond donors (Lipinski definition) is 2. The molecule has 10 heteroatoms. The predicted molar refractivity (Wildman–Crippen MR) is 130 cm³/mol. The van der Waals surface area contributed by atoms with Crippen LogP contribution in [0.4, 0.5) is 0 Å². The number of nitrogens with one attached hydrogen (secondary N) is 2. The third-order valence-corrected chi connectivity index (χ3v) is 6.01. The van der Waals surface area contributed by atoms with E-state index in [1.807, 2.05) is 30.3 Å². The van der Waals surface area contributed by atoms with Crippen molar-refractivity contribution in [2.45, 2.75) is 19.1 Å². The summed E-state index contributed by atoms with van der Waals surface area (Å²) in [6.45, 7) is 0.831. The zero-order valence-electron chi connectivity index (χ0n) is 17.3. The summed E-state index contributed by atoms with van der Waals surface area (Å²) < 4.78 is 11.3. The van der Waals surface area contributed by atoms with E-state index in [4.69, 9.17) is 21.7 Å². The zero-order chi connectivity index (χ0) is 23.1. The summed E-state index contributed by atoms with van der Waals surface area (Å²) in [5.74, 6) is -0.623. The first-order valence-corrected chi connectivity index (χ1v) is 11.3. The van der Waals surface area contributed by atoms with E-state index in [1.165, 1.54) is 0 Å². The number of rotatable bonds is 6. The van der Waals surface area contributed by atoms with Gasteiger partial charge in [0.1, 0.15) is 18.4 Å². The first kappa shape index (κ1) is 23.9. The fourth-order valence-electron chi connectivity index (χ4n) is 3.16. The van der Waals surface area contributed by atoms with Crippen LogP contribution in [0.3, 0.4) is 0 Å². The van der Waals surface area contributed by atoms with Crippen LogP contribution in [0.2, 0.25) is 0 Å². The SMILES string of the molecule is COc1ccc(C(=O)NC(=S)N2CCNC(=O)C2CC(=O)OCc2ccccc2)cc1I. The molecule has 3 rings (SSSR count). The summed E-state index contributed by atoms with van der Waals surface area (Å²) in [6.07, 6.45) is -0.185. The number of ether oxygens (including phenoxy) is 2. The molecule has 2 aromatic rings. The molecule has 0 saturated carbocycles. The van der Waals surface area contributed by atoms with E-state index >= 15 is 0 Å². The molecular weight excluding hydrogens is 545 g/mol. The van der Waals surface area contributed by atoms with Crippen LogP contribution in [-0.4, -0.2) is 54.0 Å². The van der Waals surface area contributed by atoms with Gasteiger partial charge in [-0.25, -0.2) is 0 Å². The van der Waals surface area contributed by atoms with Crippen molar-refractivity contribution in [2.24, 2.45) is 0 Å². The van der Waals surface area contributed by atoms with Crippen LogP contribution in [0.15, 0.2) is 48.5 Å². The second-order valence-corrected chi connectivity index (χ2v) is 8.51. The highest BCUT2D eigenvalue weighted by atomic mass is 127. The Balaban J connectivity index is 1.62. The summed E-state index contributed by atoms with van der Waals surface area (Å²) in [6, 6.07) is 13.4. The highest BCUT2D eigenvalue weighted by Crippen LogP contribution is 2.21. The Kier molecular flexibility index (Phi) is 8.39. The summed E-state index contributed by atoms with van der Waals surface area (Å²) >= 11 is 7.47. The van der Waals surface area contributed by atoms with Crippen LogP contribution in [0.1, 0.15) is 22.3 Å². The molecule has 1 saturated heterocycles. The number of hydrogen-bond acceptors (Lipinski definition) is 6. The lowest BCUT2D eigenvalue weighted by molar-refractivity contribution is -0.148. The van der Waals surface area contributed by atoms with Gasteiger partial charge < -0.3 is 19.7 Å². The molecule has 1 aliphatic heterocycles. The number of benzene rings is 2. The lowest BCUT2D eigenvalue weighted by Crippen LogP contribution is -2.60. The fraction of sp³-hybridized carbons (Fsp3) is 0.273. The van der Waals surface area contributed by atoms with Crippen LogP contribution >= 0.6 is 34.8 Å². The zero-order valence-corrected chi connectivity index (χ0v) is 20.3. The number of amides is 2. The van der Waals surface area contributed by atoms with Crippen LogP contribution in [-0.2, 0) is 20.9 Å². The maximum absolute atomic E-state index is 12.7. The molecule has 1 aliphatic rings. The lowest BCUT2D eigenvalue weighted by Gasteiger charge is -2.36. The number of esters is 1. The third kappa shape index (κ3) is 6.16. The van der Waals surface area contributed by atoms with Gasteiger partial charge in [0.05, 0.1) is 17.1 Å². The highest BCUT2D eigenvalue weighted by molar-refractivity contribution is 14.1. The van der Waals surface area contributed by atoms with Crippen molar-refractivity contribution >= 4 is 57.7 Å². The van der Waals surface area contributed by atoms with Gasteiger partial charge in [0.25, 0.3) is 5.91 Å². The van der Waals surface area contributed by atoms with E-state index in [1.54, 1.807) is 30.2 Å². The van der Waals surface area contributed by atoms with E-state index in [2.05, 4.69) is 33.2 Å². The number of halogens is 1. The Morgan fingerprint density at radius 3 is 2.69 bits per heavy atom. The van der Waals surface area contributed by atoms with Crippen molar-refractivity contribution in [2.75, 3.05) is 20.2 Å². The van der Waals surface area contributed by atoms with Gasteiger partial charge in [0, 0.05) is 18.7 Å². The molecule has 2 aromatic carbocycles. The second-order valence-electron chi connectivity index (χ2n) is 6.96. The van der Waals surface area contributed by atoms with Gasteiger partial charge in [-0.15, -0.1) is 0 Å². The van der Waals surface area contributed by atoms with Gasteiger partial charge in [0.2, 0.25) is 5.91 Å². The van der Waals surface area contributed by atoms with Crippen molar-refractivity contribution < 1.29 is 23.9 Å². The highest BCUT2D eigenvalue weighted by Gasteiger charge is 2.34. The number of methoxy groups -OCH3 is 1. The molecule has 2 amide bonds. The smallest absolute Gasteiger partial charge is 0.308 e. The average molecular weight is 567 g/mol. The van der Waals surface area contributed by atoms with Crippen molar-refractivity contribution in [3.05, 3.63) is 63.2 Å². The molecule has 1 fully saturated rings. The number of nitrogens with zero attached hydrogens (tertiary/aromatic N) is 1. The molecule has 168 valence electrons. The number of carbonyl (C=O) groups excluding carboxylic acids is 3. The van der Waals surface area contributed by atoms with Crippen LogP contribution in [0.5, 0.6) is 5.75 Å². The second kappa shape index (κ2) is 11.2. The molecule has 2 N–H and O–H groups in total. The molecule has 1 heterocycles. The van der Waals surface area contributed by atoms with Crippen molar-refractivity contribution in [1.29, 1.82) is 0 Å². The maximum Gasteiger partial charge on any atom is 0.308 e. The van der Waals surface area contributed by atoms with Crippen molar-refractivity contribution in [1.82, 2.24) is 15.5 Å². The van der Waals surface area contributed by atoms with E-state index in [0.29, 0.717) is 24.4 Å². The molecule has 0 spiro atoms. The molecule has 1 atom stereocenters. The van der Waals surface area contributed by atoms with Crippen molar-refractivity contribution in [3.8, 4) is 5.75 Å². The van der Waals surface area contributed by atoms with E-state index in [0.717, 1.165) is 9.13 Å². The summed E-state index contributed by atoms with van der Waals surface area (Å²) in [4.78, 5) is 39.0. The van der Waals surface area contributed by atoms with Gasteiger partial charge in [0.15, 0.2) is 5.11 Å². The molecule has 0 aliphatic carbocycles. The van der Waals surface area contributed by atoms with Crippen LogP contribution in [0, 0.1) is 3.57 Å². The molecule has 1 unspecified atom stereocenters. The largest absolute Gasteiger partial charge is 0.496 e. The number of carbonyl (C=O) groups is 3. The Morgan fingerprint density at radius 2 is 2.00 bits per heavy atom. The summed E-state index contributed by atoms with van der Waals surface area (Å²) in [5, 5.41) is 5.46. The number of thiocarbonyl (C=S) groups is 1. The molecule has 0 radical (unpaired) electrons. The Hall–Kier alpha value is -2.73. The van der Waals surface area contributed by atoms with Crippen LogP contribution < -0.4 is 15.4 Å².